The minimum atomic E-state index is -0.549. The van der Waals surface area contributed by atoms with Crippen molar-refractivity contribution in [3.63, 3.8) is 0 Å². The summed E-state index contributed by atoms with van der Waals surface area (Å²) in [6.07, 6.45) is 1.46. The van der Waals surface area contributed by atoms with E-state index >= 15 is 0 Å². The van der Waals surface area contributed by atoms with Gasteiger partial charge in [0.05, 0.1) is 6.10 Å². The van der Waals surface area contributed by atoms with Gasteiger partial charge in [-0.05, 0) is 50.4 Å². The number of likely N-dealkylation sites (N-methyl/N-ethyl adjacent to an activating group) is 1. The van der Waals surface area contributed by atoms with Gasteiger partial charge in [0.1, 0.15) is 18.5 Å². The lowest BCUT2D eigenvalue weighted by Crippen LogP contribution is -2.38. The summed E-state index contributed by atoms with van der Waals surface area (Å²) in [5.41, 5.74) is 1.14. The molecule has 0 spiro atoms. The Morgan fingerprint density at radius 3 is 2.70 bits per heavy atom. The Labute approximate surface area is 121 Å². The summed E-state index contributed by atoms with van der Waals surface area (Å²) in [6.45, 7) is 3.41. The first kappa shape index (κ1) is 15.3. The van der Waals surface area contributed by atoms with E-state index in [9.17, 15) is 10.2 Å². The van der Waals surface area contributed by atoms with Gasteiger partial charge in [-0.15, -0.1) is 0 Å². The van der Waals surface area contributed by atoms with Gasteiger partial charge in [-0.3, -0.25) is 0 Å². The molecule has 0 bridgehead atoms. The maximum Gasteiger partial charge on any atom is 0.119 e. The van der Waals surface area contributed by atoms with Gasteiger partial charge >= 0.3 is 0 Å². The van der Waals surface area contributed by atoms with Gasteiger partial charge in [0.15, 0.2) is 0 Å². The van der Waals surface area contributed by atoms with E-state index in [1.807, 2.05) is 43.1 Å². The lowest BCUT2D eigenvalue weighted by atomic mass is 10.2. The highest BCUT2D eigenvalue weighted by atomic mass is 16.5. The summed E-state index contributed by atoms with van der Waals surface area (Å²) in [4.78, 5) is 1.97. The third kappa shape index (κ3) is 5.12. The van der Waals surface area contributed by atoms with Crippen LogP contribution in [0.4, 0.5) is 0 Å². The van der Waals surface area contributed by atoms with Crippen molar-refractivity contribution >= 4 is 0 Å². The molecule has 1 saturated carbocycles. The average Bonchev–Trinajstić information content (AvgIpc) is 3.20. The smallest absolute Gasteiger partial charge is 0.119 e. The van der Waals surface area contributed by atoms with Gasteiger partial charge in [0.2, 0.25) is 0 Å². The Balaban J connectivity index is 1.67. The number of aliphatic hydroxyl groups is 2. The zero-order chi connectivity index (χ0) is 14.5. The van der Waals surface area contributed by atoms with Crippen molar-refractivity contribution in [2.24, 2.45) is 5.92 Å². The predicted molar refractivity (Wildman–Crippen MR) is 78.9 cm³/mol. The number of aliphatic hydroxyl groups excluding tert-OH is 2. The quantitative estimate of drug-likeness (QED) is 0.756. The summed E-state index contributed by atoms with van der Waals surface area (Å²) in [6, 6.07) is 7.79. The van der Waals surface area contributed by atoms with Crippen LogP contribution in [0.5, 0.6) is 5.75 Å². The van der Waals surface area contributed by atoms with Crippen LogP contribution < -0.4 is 4.74 Å². The number of hydrogen-bond donors (Lipinski definition) is 2. The molecule has 0 radical (unpaired) electrons. The monoisotopic (exact) mass is 279 g/mol. The Morgan fingerprint density at radius 2 is 2.05 bits per heavy atom. The summed E-state index contributed by atoms with van der Waals surface area (Å²) in [7, 11) is 1.92. The van der Waals surface area contributed by atoms with Gasteiger partial charge in [-0.1, -0.05) is 12.1 Å². The fraction of sp³-hybridized carbons (Fsp3) is 0.625. The van der Waals surface area contributed by atoms with Crippen LogP contribution >= 0.6 is 0 Å². The zero-order valence-corrected chi connectivity index (χ0v) is 12.3. The number of nitrogens with zero attached hydrogens (tertiary/aromatic N) is 1. The Bertz CT molecular complexity index is 420. The molecule has 4 nitrogen and oxygen atoms in total. The molecule has 112 valence electrons. The normalized spacial score (nSPS) is 18.1. The van der Waals surface area contributed by atoms with E-state index in [2.05, 4.69) is 0 Å². The van der Waals surface area contributed by atoms with Crippen LogP contribution in [-0.2, 0) is 0 Å². The van der Waals surface area contributed by atoms with Crippen LogP contribution in [0.1, 0.15) is 18.4 Å². The van der Waals surface area contributed by atoms with E-state index in [0.717, 1.165) is 24.2 Å². The molecule has 2 rings (SSSR count). The highest BCUT2D eigenvalue weighted by Crippen LogP contribution is 2.32. The first-order valence-electron chi connectivity index (χ1n) is 7.28. The van der Waals surface area contributed by atoms with Crippen molar-refractivity contribution in [3.05, 3.63) is 29.8 Å². The first-order valence-corrected chi connectivity index (χ1v) is 7.28. The number of ether oxygens (including phenoxy) is 1. The summed E-state index contributed by atoms with van der Waals surface area (Å²) in [5, 5.41) is 19.8. The molecular weight excluding hydrogens is 254 g/mol. The average molecular weight is 279 g/mol. The van der Waals surface area contributed by atoms with Crippen molar-refractivity contribution in [1.82, 2.24) is 4.90 Å². The third-order valence-electron chi connectivity index (χ3n) is 3.62. The number of aryl methyl sites for hydroxylation is 1. The van der Waals surface area contributed by atoms with Crippen LogP contribution in [0.25, 0.3) is 0 Å². The molecule has 0 saturated heterocycles. The number of hydrogen-bond acceptors (Lipinski definition) is 4. The second-order valence-electron chi connectivity index (χ2n) is 5.91. The Morgan fingerprint density at radius 1 is 1.30 bits per heavy atom. The standard InChI is InChI=1S/C16H25NO3/c1-12-4-3-5-15(8-12)20-11-14(18)9-17(2)10-16(19)13-6-7-13/h3-5,8,13-14,16,18-19H,6-7,9-11H2,1-2H3. The van der Waals surface area contributed by atoms with Gasteiger partial charge in [0, 0.05) is 13.1 Å². The molecule has 1 aromatic carbocycles. The SMILES string of the molecule is Cc1cccc(OCC(O)CN(C)CC(O)C2CC2)c1. The first-order chi connectivity index (χ1) is 9.54. The maximum absolute atomic E-state index is 9.97. The minimum absolute atomic E-state index is 0.259. The summed E-state index contributed by atoms with van der Waals surface area (Å²) in [5.74, 6) is 1.25. The molecule has 0 heterocycles. The van der Waals surface area contributed by atoms with E-state index in [1.165, 1.54) is 0 Å². The Kier molecular flexibility index (Phi) is 5.40. The lowest BCUT2D eigenvalue weighted by Gasteiger charge is -2.23. The van der Waals surface area contributed by atoms with Crippen molar-refractivity contribution in [3.8, 4) is 5.75 Å². The molecular formula is C16H25NO3. The fourth-order valence-corrected chi connectivity index (χ4v) is 2.33. The van der Waals surface area contributed by atoms with E-state index in [-0.39, 0.29) is 12.7 Å². The van der Waals surface area contributed by atoms with Crippen molar-refractivity contribution in [1.29, 1.82) is 0 Å². The number of rotatable bonds is 8. The van der Waals surface area contributed by atoms with E-state index < -0.39 is 6.10 Å². The van der Waals surface area contributed by atoms with E-state index in [1.54, 1.807) is 0 Å². The molecule has 1 fully saturated rings. The van der Waals surface area contributed by atoms with E-state index in [0.29, 0.717) is 19.0 Å². The zero-order valence-electron chi connectivity index (χ0n) is 12.3. The fourth-order valence-electron chi connectivity index (χ4n) is 2.33. The Hall–Kier alpha value is -1.10. The summed E-state index contributed by atoms with van der Waals surface area (Å²) < 4.78 is 5.58. The molecule has 0 aliphatic heterocycles. The second kappa shape index (κ2) is 7.07. The molecule has 0 amide bonds. The molecule has 2 atom stereocenters. The van der Waals surface area contributed by atoms with Gasteiger partial charge in [0.25, 0.3) is 0 Å². The highest BCUT2D eigenvalue weighted by Gasteiger charge is 2.30. The molecule has 2 unspecified atom stereocenters. The predicted octanol–water partition coefficient (Wildman–Crippen LogP) is 1.44. The minimum Gasteiger partial charge on any atom is -0.491 e. The highest BCUT2D eigenvalue weighted by molar-refractivity contribution is 5.27. The van der Waals surface area contributed by atoms with Crippen molar-refractivity contribution in [2.45, 2.75) is 32.0 Å². The van der Waals surface area contributed by atoms with E-state index in [4.69, 9.17) is 4.74 Å². The van der Waals surface area contributed by atoms with Crippen LogP contribution in [0.2, 0.25) is 0 Å². The third-order valence-corrected chi connectivity index (χ3v) is 3.62. The largest absolute Gasteiger partial charge is 0.491 e. The molecule has 1 aliphatic carbocycles. The molecule has 1 aromatic rings. The molecule has 2 N–H and O–H groups in total. The topological polar surface area (TPSA) is 52.9 Å². The lowest BCUT2D eigenvalue weighted by molar-refractivity contribution is 0.0508. The van der Waals surface area contributed by atoms with Crippen molar-refractivity contribution in [2.75, 3.05) is 26.7 Å². The van der Waals surface area contributed by atoms with Crippen LogP contribution in [0, 0.1) is 12.8 Å². The molecule has 1 aliphatic rings. The number of benzene rings is 1. The maximum atomic E-state index is 9.97. The molecule has 0 aromatic heterocycles. The van der Waals surface area contributed by atoms with Crippen LogP contribution in [0.15, 0.2) is 24.3 Å². The van der Waals surface area contributed by atoms with Crippen LogP contribution in [0.3, 0.4) is 0 Å². The second-order valence-corrected chi connectivity index (χ2v) is 5.91. The molecule has 20 heavy (non-hydrogen) atoms. The van der Waals surface area contributed by atoms with Crippen LogP contribution in [-0.4, -0.2) is 54.1 Å². The summed E-state index contributed by atoms with van der Waals surface area (Å²) >= 11 is 0. The van der Waals surface area contributed by atoms with Crippen molar-refractivity contribution < 1.29 is 14.9 Å². The van der Waals surface area contributed by atoms with Gasteiger partial charge in [-0.25, -0.2) is 0 Å². The molecule has 4 heteroatoms. The van der Waals surface area contributed by atoms with Gasteiger partial charge < -0.3 is 19.8 Å². The van der Waals surface area contributed by atoms with Gasteiger partial charge in [-0.2, -0.15) is 0 Å².